The van der Waals surface area contributed by atoms with Gasteiger partial charge in [-0.15, -0.1) is 0 Å². The van der Waals surface area contributed by atoms with Crippen LogP contribution in [-0.2, 0) is 5.60 Å². The van der Waals surface area contributed by atoms with Crippen molar-refractivity contribution in [2.75, 3.05) is 0 Å². The fourth-order valence-corrected chi connectivity index (χ4v) is 2.51. The average Bonchev–Trinajstić information content (AvgIpc) is 2.36. The average molecular weight is 327 g/mol. The van der Waals surface area contributed by atoms with Crippen LogP contribution >= 0.6 is 15.9 Å². The molecule has 2 rings (SSSR count). The van der Waals surface area contributed by atoms with Crippen molar-refractivity contribution in [3.63, 3.8) is 0 Å². The molecule has 1 nitrogen and oxygen atoms in total. The van der Waals surface area contributed by atoms with E-state index in [0.29, 0.717) is 12.0 Å². The van der Waals surface area contributed by atoms with Crippen LogP contribution in [0.25, 0.3) is 0 Å². The van der Waals surface area contributed by atoms with Gasteiger partial charge >= 0.3 is 0 Å². The summed E-state index contributed by atoms with van der Waals surface area (Å²) in [5.74, 6) is -1.39. The van der Waals surface area contributed by atoms with Crippen LogP contribution in [0.4, 0.5) is 8.78 Å². The maximum Gasteiger partial charge on any atom is 0.126 e. The number of rotatable bonds is 3. The number of halogens is 3. The van der Waals surface area contributed by atoms with E-state index in [-0.39, 0.29) is 5.56 Å². The Morgan fingerprint density at radius 3 is 2.21 bits per heavy atom. The molecule has 0 saturated heterocycles. The van der Waals surface area contributed by atoms with Gasteiger partial charge in [0.25, 0.3) is 0 Å². The molecule has 0 heterocycles. The van der Waals surface area contributed by atoms with Crippen LogP contribution in [0.2, 0.25) is 0 Å². The normalized spacial score (nSPS) is 14.2. The molecular weight excluding hydrogens is 314 g/mol. The SMILES string of the molecule is CCC(O)(c1cc(F)cc(F)c1)c1cccc(Br)c1. The highest BCUT2D eigenvalue weighted by molar-refractivity contribution is 9.10. The maximum atomic E-state index is 13.3. The van der Waals surface area contributed by atoms with Crippen LogP contribution in [0.1, 0.15) is 24.5 Å². The third-order valence-corrected chi connectivity index (χ3v) is 3.65. The van der Waals surface area contributed by atoms with E-state index in [9.17, 15) is 13.9 Å². The van der Waals surface area contributed by atoms with Crippen molar-refractivity contribution < 1.29 is 13.9 Å². The van der Waals surface area contributed by atoms with Gasteiger partial charge in [-0.2, -0.15) is 0 Å². The van der Waals surface area contributed by atoms with Gasteiger partial charge in [0.15, 0.2) is 0 Å². The van der Waals surface area contributed by atoms with Crippen LogP contribution in [0, 0.1) is 11.6 Å². The van der Waals surface area contributed by atoms with Gasteiger partial charge in [0.1, 0.15) is 17.2 Å². The van der Waals surface area contributed by atoms with Crippen molar-refractivity contribution in [3.05, 3.63) is 69.7 Å². The van der Waals surface area contributed by atoms with Crippen LogP contribution in [0.3, 0.4) is 0 Å². The molecule has 0 aliphatic heterocycles. The Labute approximate surface area is 119 Å². The summed E-state index contributed by atoms with van der Waals surface area (Å²) in [6.45, 7) is 1.77. The molecule has 2 aromatic rings. The van der Waals surface area contributed by atoms with Crippen molar-refractivity contribution >= 4 is 15.9 Å². The lowest BCUT2D eigenvalue weighted by Crippen LogP contribution is -2.26. The van der Waals surface area contributed by atoms with Gasteiger partial charge in [-0.05, 0) is 41.8 Å². The van der Waals surface area contributed by atoms with E-state index in [1.54, 1.807) is 25.1 Å². The summed E-state index contributed by atoms with van der Waals surface area (Å²) < 4.78 is 27.5. The Hall–Kier alpha value is -1.26. The Bertz CT molecular complexity index is 580. The lowest BCUT2D eigenvalue weighted by molar-refractivity contribution is 0.0757. The van der Waals surface area contributed by atoms with E-state index >= 15 is 0 Å². The van der Waals surface area contributed by atoms with Crippen molar-refractivity contribution in [2.24, 2.45) is 0 Å². The third-order valence-electron chi connectivity index (χ3n) is 3.15. The topological polar surface area (TPSA) is 20.2 Å². The maximum absolute atomic E-state index is 13.3. The first kappa shape index (κ1) is 14.2. The van der Waals surface area contributed by atoms with Gasteiger partial charge in [0, 0.05) is 10.5 Å². The second-order valence-electron chi connectivity index (χ2n) is 4.38. The Balaban J connectivity index is 2.59. The Kier molecular flexibility index (Phi) is 4.02. The van der Waals surface area contributed by atoms with Gasteiger partial charge in [-0.25, -0.2) is 8.78 Å². The zero-order valence-corrected chi connectivity index (χ0v) is 11.9. The summed E-state index contributed by atoms with van der Waals surface area (Å²) in [5.41, 5.74) is -0.604. The predicted molar refractivity (Wildman–Crippen MR) is 73.8 cm³/mol. The van der Waals surface area contributed by atoms with Crippen molar-refractivity contribution in [3.8, 4) is 0 Å². The van der Waals surface area contributed by atoms with Crippen LogP contribution in [-0.4, -0.2) is 5.11 Å². The third kappa shape index (κ3) is 2.85. The molecule has 19 heavy (non-hydrogen) atoms. The second kappa shape index (κ2) is 5.39. The minimum absolute atomic E-state index is 0.214. The molecule has 0 fully saturated rings. The van der Waals surface area contributed by atoms with Crippen LogP contribution in [0.5, 0.6) is 0 Å². The largest absolute Gasteiger partial charge is 0.380 e. The first-order valence-corrected chi connectivity index (χ1v) is 6.70. The predicted octanol–water partition coefficient (Wildman–Crippen LogP) is 4.37. The lowest BCUT2D eigenvalue weighted by Gasteiger charge is -2.28. The van der Waals surface area contributed by atoms with Crippen molar-refractivity contribution in [2.45, 2.75) is 18.9 Å². The van der Waals surface area contributed by atoms with E-state index in [1.807, 2.05) is 6.07 Å². The van der Waals surface area contributed by atoms with Gasteiger partial charge < -0.3 is 5.11 Å². The molecule has 0 spiro atoms. The van der Waals surface area contributed by atoms with Gasteiger partial charge in [-0.1, -0.05) is 35.0 Å². The van der Waals surface area contributed by atoms with Crippen LogP contribution < -0.4 is 0 Å². The quantitative estimate of drug-likeness (QED) is 0.887. The van der Waals surface area contributed by atoms with Gasteiger partial charge in [0.05, 0.1) is 0 Å². The van der Waals surface area contributed by atoms with Crippen molar-refractivity contribution in [1.82, 2.24) is 0 Å². The minimum Gasteiger partial charge on any atom is -0.380 e. The van der Waals surface area contributed by atoms with Crippen LogP contribution in [0.15, 0.2) is 46.9 Å². The van der Waals surface area contributed by atoms with E-state index < -0.39 is 17.2 Å². The number of benzene rings is 2. The van der Waals surface area contributed by atoms with Gasteiger partial charge in [0.2, 0.25) is 0 Å². The molecule has 0 amide bonds. The highest BCUT2D eigenvalue weighted by Crippen LogP contribution is 2.34. The molecule has 0 radical (unpaired) electrons. The molecule has 0 aliphatic rings. The molecule has 100 valence electrons. The number of aliphatic hydroxyl groups is 1. The number of hydrogen-bond acceptors (Lipinski definition) is 1. The molecule has 2 aromatic carbocycles. The van der Waals surface area contributed by atoms with E-state index in [4.69, 9.17) is 0 Å². The zero-order valence-electron chi connectivity index (χ0n) is 10.3. The first-order chi connectivity index (χ1) is 8.95. The molecule has 1 atom stereocenters. The molecule has 0 aliphatic carbocycles. The summed E-state index contributed by atoms with van der Waals surface area (Å²) in [6, 6.07) is 10.2. The summed E-state index contributed by atoms with van der Waals surface area (Å²) in [4.78, 5) is 0. The lowest BCUT2D eigenvalue weighted by atomic mass is 9.84. The molecule has 4 heteroatoms. The smallest absolute Gasteiger partial charge is 0.126 e. The van der Waals surface area contributed by atoms with Gasteiger partial charge in [-0.3, -0.25) is 0 Å². The monoisotopic (exact) mass is 326 g/mol. The van der Waals surface area contributed by atoms with E-state index in [1.165, 1.54) is 0 Å². The zero-order chi connectivity index (χ0) is 14.0. The summed E-state index contributed by atoms with van der Waals surface area (Å²) in [5, 5.41) is 10.8. The molecule has 0 aromatic heterocycles. The van der Waals surface area contributed by atoms with E-state index in [2.05, 4.69) is 15.9 Å². The summed E-state index contributed by atoms with van der Waals surface area (Å²) >= 11 is 3.33. The minimum atomic E-state index is -1.41. The Morgan fingerprint density at radius 1 is 1.05 bits per heavy atom. The Morgan fingerprint density at radius 2 is 1.68 bits per heavy atom. The van der Waals surface area contributed by atoms with E-state index in [0.717, 1.165) is 22.7 Å². The highest BCUT2D eigenvalue weighted by Gasteiger charge is 2.30. The molecule has 0 saturated carbocycles. The highest BCUT2D eigenvalue weighted by atomic mass is 79.9. The molecule has 1 unspecified atom stereocenters. The molecular formula is C15H13BrF2O. The fourth-order valence-electron chi connectivity index (χ4n) is 2.11. The molecule has 1 N–H and O–H groups in total. The summed E-state index contributed by atoms with van der Waals surface area (Å²) in [6.07, 6.45) is 0.312. The summed E-state index contributed by atoms with van der Waals surface area (Å²) in [7, 11) is 0. The standard InChI is InChI=1S/C15H13BrF2O/c1-2-15(19,10-4-3-5-12(16)6-10)11-7-13(17)9-14(18)8-11/h3-9,19H,2H2,1H3. The number of hydrogen-bond donors (Lipinski definition) is 1. The fraction of sp³-hybridized carbons (Fsp3) is 0.200. The first-order valence-electron chi connectivity index (χ1n) is 5.90. The molecule has 0 bridgehead atoms. The second-order valence-corrected chi connectivity index (χ2v) is 5.30. The van der Waals surface area contributed by atoms with Crippen molar-refractivity contribution in [1.29, 1.82) is 0 Å².